The minimum atomic E-state index is -3.49. The predicted molar refractivity (Wildman–Crippen MR) is 68.4 cm³/mol. The largest absolute Gasteiger partial charge is 0.236 e. The highest BCUT2D eigenvalue weighted by atomic mass is 35.7. The van der Waals surface area contributed by atoms with Gasteiger partial charge in [0.05, 0.1) is 5.75 Å². The molecule has 0 saturated carbocycles. The smallest absolute Gasteiger partial charge is 0.212 e. The van der Waals surface area contributed by atoms with Gasteiger partial charge in [0, 0.05) is 10.7 Å². The molecule has 0 radical (unpaired) electrons. The summed E-state index contributed by atoms with van der Waals surface area (Å²) >= 11 is 0. The van der Waals surface area contributed by atoms with Crippen LogP contribution in [0.2, 0.25) is 0 Å². The van der Waals surface area contributed by atoms with Crippen molar-refractivity contribution in [3.05, 3.63) is 34.9 Å². The SMILES string of the molecule is CCc1ccc(C(C)C)c(CS(=O)(=O)Cl)c1. The lowest BCUT2D eigenvalue weighted by Gasteiger charge is -2.13. The minimum absolute atomic E-state index is 0.0874. The van der Waals surface area contributed by atoms with Crippen molar-refractivity contribution in [1.29, 1.82) is 0 Å². The Labute approximate surface area is 102 Å². The first-order valence-electron chi connectivity index (χ1n) is 5.37. The number of hydrogen-bond acceptors (Lipinski definition) is 2. The van der Waals surface area contributed by atoms with Crippen LogP contribution in [0, 0.1) is 0 Å². The van der Waals surface area contributed by atoms with Gasteiger partial charge in [0.2, 0.25) is 9.05 Å². The summed E-state index contributed by atoms with van der Waals surface area (Å²) in [7, 11) is 1.83. The van der Waals surface area contributed by atoms with Crippen LogP contribution in [0.3, 0.4) is 0 Å². The number of hydrogen-bond donors (Lipinski definition) is 0. The molecule has 0 unspecified atom stereocenters. The monoisotopic (exact) mass is 260 g/mol. The normalized spacial score (nSPS) is 12.1. The van der Waals surface area contributed by atoms with Crippen molar-refractivity contribution in [3.63, 3.8) is 0 Å². The first-order valence-corrected chi connectivity index (χ1v) is 7.85. The maximum absolute atomic E-state index is 11.1. The van der Waals surface area contributed by atoms with Crippen molar-refractivity contribution in [2.45, 2.75) is 38.9 Å². The number of halogens is 1. The summed E-state index contributed by atoms with van der Waals surface area (Å²) in [6.45, 7) is 6.14. The topological polar surface area (TPSA) is 34.1 Å². The van der Waals surface area contributed by atoms with Crippen molar-refractivity contribution in [2.75, 3.05) is 0 Å². The second kappa shape index (κ2) is 5.19. The molecule has 0 fully saturated rings. The van der Waals surface area contributed by atoms with Gasteiger partial charge in [0.25, 0.3) is 0 Å². The molecule has 90 valence electrons. The van der Waals surface area contributed by atoms with E-state index in [4.69, 9.17) is 10.7 Å². The first-order chi connectivity index (χ1) is 7.33. The maximum Gasteiger partial charge on any atom is 0.236 e. The van der Waals surface area contributed by atoms with Crippen LogP contribution in [0.1, 0.15) is 43.4 Å². The van der Waals surface area contributed by atoms with Gasteiger partial charge in [-0.25, -0.2) is 8.42 Å². The Morgan fingerprint density at radius 1 is 1.31 bits per heavy atom. The van der Waals surface area contributed by atoms with Crippen LogP contribution >= 0.6 is 10.7 Å². The predicted octanol–water partition coefficient (Wildman–Crippen LogP) is 3.44. The Morgan fingerprint density at radius 2 is 1.94 bits per heavy atom. The second-order valence-electron chi connectivity index (χ2n) is 4.22. The molecular formula is C12H17ClO2S. The Balaban J connectivity index is 3.20. The van der Waals surface area contributed by atoms with Crippen LogP contribution in [-0.2, 0) is 21.2 Å². The zero-order valence-corrected chi connectivity index (χ0v) is 11.4. The Morgan fingerprint density at radius 3 is 2.38 bits per heavy atom. The Hall–Kier alpha value is -0.540. The van der Waals surface area contributed by atoms with Crippen molar-refractivity contribution >= 4 is 19.7 Å². The highest BCUT2D eigenvalue weighted by molar-refractivity contribution is 8.13. The van der Waals surface area contributed by atoms with E-state index in [1.165, 1.54) is 0 Å². The van der Waals surface area contributed by atoms with Crippen molar-refractivity contribution in [3.8, 4) is 0 Å². The van der Waals surface area contributed by atoms with Gasteiger partial charge in [0.1, 0.15) is 0 Å². The zero-order valence-electron chi connectivity index (χ0n) is 9.83. The summed E-state index contributed by atoms with van der Waals surface area (Å²) in [6.07, 6.45) is 0.897. The van der Waals surface area contributed by atoms with E-state index in [2.05, 4.69) is 0 Å². The molecule has 0 aliphatic heterocycles. The van der Waals surface area contributed by atoms with Gasteiger partial charge >= 0.3 is 0 Å². The standard InChI is InChI=1S/C12H17ClO2S/c1-4-10-5-6-12(9(2)3)11(7-10)8-16(13,14)15/h5-7,9H,4,8H2,1-3H3. The lowest BCUT2D eigenvalue weighted by atomic mass is 9.95. The number of aryl methyl sites for hydroxylation is 1. The quantitative estimate of drug-likeness (QED) is 0.777. The molecule has 0 aromatic heterocycles. The van der Waals surface area contributed by atoms with E-state index >= 15 is 0 Å². The highest BCUT2D eigenvalue weighted by Crippen LogP contribution is 2.24. The van der Waals surface area contributed by atoms with E-state index in [-0.39, 0.29) is 5.75 Å². The molecule has 0 atom stereocenters. The molecule has 0 spiro atoms. The molecule has 2 nitrogen and oxygen atoms in total. The van der Waals surface area contributed by atoms with Gasteiger partial charge in [0.15, 0.2) is 0 Å². The van der Waals surface area contributed by atoms with Crippen molar-refractivity contribution < 1.29 is 8.42 Å². The van der Waals surface area contributed by atoms with E-state index in [0.717, 1.165) is 23.1 Å². The fourth-order valence-corrected chi connectivity index (χ4v) is 2.73. The average Bonchev–Trinajstić information content (AvgIpc) is 2.14. The van der Waals surface area contributed by atoms with Crippen molar-refractivity contribution in [2.24, 2.45) is 0 Å². The molecule has 0 amide bonds. The molecule has 0 heterocycles. The van der Waals surface area contributed by atoms with E-state index in [9.17, 15) is 8.42 Å². The first kappa shape index (κ1) is 13.5. The molecular weight excluding hydrogens is 244 g/mol. The molecule has 16 heavy (non-hydrogen) atoms. The van der Waals surface area contributed by atoms with Gasteiger partial charge < -0.3 is 0 Å². The summed E-state index contributed by atoms with van der Waals surface area (Å²) in [4.78, 5) is 0. The molecule has 0 aliphatic rings. The molecule has 4 heteroatoms. The van der Waals surface area contributed by atoms with E-state index in [1.807, 2.05) is 39.0 Å². The number of benzene rings is 1. The van der Waals surface area contributed by atoms with Crippen molar-refractivity contribution in [1.82, 2.24) is 0 Å². The molecule has 0 bridgehead atoms. The summed E-state index contributed by atoms with van der Waals surface area (Å²) in [5, 5.41) is 0. The molecule has 0 aliphatic carbocycles. The fourth-order valence-electron chi connectivity index (χ4n) is 1.75. The third-order valence-electron chi connectivity index (χ3n) is 2.57. The third kappa shape index (κ3) is 3.80. The van der Waals surface area contributed by atoms with E-state index in [1.54, 1.807) is 0 Å². The van der Waals surface area contributed by atoms with E-state index in [0.29, 0.717) is 5.92 Å². The van der Waals surface area contributed by atoms with Gasteiger partial charge in [-0.15, -0.1) is 0 Å². The van der Waals surface area contributed by atoms with E-state index < -0.39 is 9.05 Å². The zero-order chi connectivity index (χ0) is 12.3. The molecule has 0 N–H and O–H groups in total. The lowest BCUT2D eigenvalue weighted by molar-refractivity contribution is 0.608. The Kier molecular flexibility index (Phi) is 4.39. The molecule has 1 aromatic rings. The summed E-state index contributed by atoms with van der Waals surface area (Å²) < 4.78 is 22.3. The van der Waals surface area contributed by atoms with Crippen LogP contribution in [0.4, 0.5) is 0 Å². The highest BCUT2D eigenvalue weighted by Gasteiger charge is 2.13. The third-order valence-corrected chi connectivity index (χ3v) is 3.55. The molecule has 1 aromatic carbocycles. The average molecular weight is 261 g/mol. The molecule has 1 rings (SSSR count). The van der Waals surface area contributed by atoms with Crippen LogP contribution in [-0.4, -0.2) is 8.42 Å². The van der Waals surface area contributed by atoms with Crippen LogP contribution in [0.15, 0.2) is 18.2 Å². The van der Waals surface area contributed by atoms with Crippen LogP contribution in [0.25, 0.3) is 0 Å². The van der Waals surface area contributed by atoms with Gasteiger partial charge in [-0.05, 0) is 29.0 Å². The second-order valence-corrected chi connectivity index (χ2v) is 7.00. The molecule has 0 saturated heterocycles. The fraction of sp³-hybridized carbons (Fsp3) is 0.500. The Bertz CT molecular complexity index is 464. The van der Waals surface area contributed by atoms with Crippen LogP contribution in [0.5, 0.6) is 0 Å². The minimum Gasteiger partial charge on any atom is -0.212 e. The van der Waals surface area contributed by atoms with Crippen LogP contribution < -0.4 is 0 Å². The number of rotatable bonds is 4. The summed E-state index contributed by atoms with van der Waals surface area (Å²) in [5.74, 6) is 0.218. The van der Waals surface area contributed by atoms with Gasteiger partial charge in [-0.2, -0.15) is 0 Å². The van der Waals surface area contributed by atoms with Gasteiger partial charge in [-0.1, -0.05) is 39.0 Å². The lowest BCUT2D eigenvalue weighted by Crippen LogP contribution is -2.02. The summed E-state index contributed by atoms with van der Waals surface area (Å²) in [5.41, 5.74) is 3.02. The van der Waals surface area contributed by atoms with Gasteiger partial charge in [-0.3, -0.25) is 0 Å². The maximum atomic E-state index is 11.1. The summed E-state index contributed by atoms with van der Waals surface area (Å²) in [6, 6.07) is 5.98.